The van der Waals surface area contributed by atoms with Crippen LogP contribution in [-0.4, -0.2) is 21.3 Å². The summed E-state index contributed by atoms with van der Waals surface area (Å²) in [5, 5.41) is 13.9. The molecule has 3 rings (SSSR count). The molecule has 0 aliphatic rings. The van der Waals surface area contributed by atoms with Crippen LogP contribution in [0.25, 0.3) is 11.4 Å². The minimum absolute atomic E-state index is 0.101. The van der Waals surface area contributed by atoms with Crippen LogP contribution in [0.15, 0.2) is 59.7 Å². The Kier molecular flexibility index (Phi) is 4.47. The number of hydrazone groups is 1. The van der Waals surface area contributed by atoms with Crippen molar-refractivity contribution in [3.63, 3.8) is 0 Å². The largest absolute Gasteiger partial charge is 0.507 e. The molecule has 5 nitrogen and oxygen atoms in total. The highest BCUT2D eigenvalue weighted by Gasteiger charge is 2.08. The zero-order chi connectivity index (χ0) is 16.9. The number of nitrogens with one attached hydrogen (secondary N) is 1. The van der Waals surface area contributed by atoms with Crippen LogP contribution in [0.5, 0.6) is 5.75 Å². The first-order valence-electron chi connectivity index (χ1n) is 7.31. The van der Waals surface area contributed by atoms with Gasteiger partial charge in [-0.05, 0) is 25.1 Å². The molecule has 0 bridgehead atoms. The molecule has 0 unspecified atom stereocenters. The maximum absolute atomic E-state index is 13.5. The van der Waals surface area contributed by atoms with E-state index in [4.69, 9.17) is 0 Å². The van der Waals surface area contributed by atoms with Crippen LogP contribution in [0.1, 0.15) is 11.3 Å². The van der Waals surface area contributed by atoms with Gasteiger partial charge in [-0.2, -0.15) is 5.10 Å². The maximum atomic E-state index is 13.5. The van der Waals surface area contributed by atoms with Crippen molar-refractivity contribution in [2.45, 2.75) is 6.92 Å². The Hall–Kier alpha value is -3.28. The lowest BCUT2D eigenvalue weighted by Gasteiger charge is -2.07. The minimum Gasteiger partial charge on any atom is -0.507 e. The van der Waals surface area contributed by atoms with Crippen molar-refractivity contribution in [2.75, 3.05) is 5.43 Å². The lowest BCUT2D eigenvalue weighted by atomic mass is 10.2. The summed E-state index contributed by atoms with van der Waals surface area (Å²) in [6, 6.07) is 14.9. The van der Waals surface area contributed by atoms with Crippen LogP contribution >= 0.6 is 0 Å². The van der Waals surface area contributed by atoms with Crippen LogP contribution in [0, 0.1) is 12.7 Å². The van der Waals surface area contributed by atoms with Gasteiger partial charge in [0.1, 0.15) is 11.6 Å². The third-order valence-electron chi connectivity index (χ3n) is 3.29. The summed E-state index contributed by atoms with van der Waals surface area (Å²) in [5.74, 6) is 0.589. The highest BCUT2D eigenvalue weighted by molar-refractivity contribution is 5.80. The van der Waals surface area contributed by atoms with Gasteiger partial charge >= 0.3 is 0 Å². The van der Waals surface area contributed by atoms with E-state index in [9.17, 15) is 9.50 Å². The van der Waals surface area contributed by atoms with E-state index >= 15 is 0 Å². The highest BCUT2D eigenvalue weighted by atomic mass is 19.1. The monoisotopic (exact) mass is 322 g/mol. The smallest absolute Gasteiger partial charge is 0.165 e. The average Bonchev–Trinajstić information content (AvgIpc) is 2.56. The van der Waals surface area contributed by atoms with Crippen LogP contribution < -0.4 is 5.43 Å². The lowest BCUT2D eigenvalue weighted by Crippen LogP contribution is -1.99. The Balaban J connectivity index is 1.85. The molecule has 2 N–H and O–H groups in total. The van der Waals surface area contributed by atoms with Crippen molar-refractivity contribution in [1.82, 2.24) is 9.97 Å². The Morgan fingerprint density at radius 2 is 1.83 bits per heavy atom. The first kappa shape index (κ1) is 15.6. The van der Waals surface area contributed by atoms with E-state index in [1.54, 1.807) is 48.5 Å². The number of halogens is 1. The second kappa shape index (κ2) is 6.87. The Morgan fingerprint density at radius 1 is 1.08 bits per heavy atom. The molecule has 1 aromatic heterocycles. The fourth-order valence-corrected chi connectivity index (χ4v) is 2.16. The van der Waals surface area contributed by atoms with Gasteiger partial charge in [0.2, 0.25) is 0 Å². The van der Waals surface area contributed by atoms with Crippen molar-refractivity contribution in [3.05, 3.63) is 71.7 Å². The molecular weight excluding hydrogens is 307 g/mol. The summed E-state index contributed by atoms with van der Waals surface area (Å²) in [6.45, 7) is 1.82. The SMILES string of the molecule is Cc1cc(N/N=C\c2ccccc2F)nc(-c2ccccc2O)n1. The minimum atomic E-state index is -0.350. The predicted octanol–water partition coefficient (Wildman–Crippen LogP) is 3.74. The number of phenols is 1. The van der Waals surface area contributed by atoms with Crippen molar-refractivity contribution >= 4 is 12.0 Å². The van der Waals surface area contributed by atoms with Gasteiger partial charge in [-0.25, -0.2) is 14.4 Å². The van der Waals surface area contributed by atoms with Gasteiger partial charge in [0.15, 0.2) is 11.6 Å². The number of para-hydroxylation sites is 1. The summed E-state index contributed by atoms with van der Waals surface area (Å²) in [7, 11) is 0. The molecule has 24 heavy (non-hydrogen) atoms. The van der Waals surface area contributed by atoms with Gasteiger partial charge in [-0.3, -0.25) is 5.43 Å². The molecular formula is C18H15FN4O. The number of rotatable bonds is 4. The van der Waals surface area contributed by atoms with Crippen molar-refractivity contribution in [1.29, 1.82) is 0 Å². The Morgan fingerprint density at radius 3 is 2.62 bits per heavy atom. The zero-order valence-electron chi connectivity index (χ0n) is 12.9. The lowest BCUT2D eigenvalue weighted by molar-refractivity contribution is 0.477. The second-order valence-corrected chi connectivity index (χ2v) is 5.13. The molecule has 6 heteroatoms. The summed E-state index contributed by atoms with van der Waals surface area (Å²) in [4.78, 5) is 8.65. The molecule has 0 atom stereocenters. The fraction of sp³-hybridized carbons (Fsp3) is 0.0556. The number of aromatic hydroxyl groups is 1. The zero-order valence-corrected chi connectivity index (χ0v) is 12.9. The van der Waals surface area contributed by atoms with Gasteiger partial charge in [-0.15, -0.1) is 0 Å². The van der Waals surface area contributed by atoms with Crippen molar-refractivity contribution in [3.8, 4) is 17.1 Å². The van der Waals surface area contributed by atoms with E-state index in [0.29, 0.717) is 28.5 Å². The van der Waals surface area contributed by atoms with E-state index in [1.807, 2.05) is 6.92 Å². The molecule has 0 saturated heterocycles. The molecule has 120 valence electrons. The molecule has 3 aromatic rings. The van der Waals surface area contributed by atoms with Gasteiger partial charge in [-0.1, -0.05) is 30.3 Å². The fourth-order valence-electron chi connectivity index (χ4n) is 2.16. The summed E-state index contributed by atoms with van der Waals surface area (Å²) in [5.41, 5.74) is 4.38. The molecule has 0 aliphatic heterocycles. The third-order valence-corrected chi connectivity index (χ3v) is 3.29. The third kappa shape index (κ3) is 3.55. The molecule has 0 aliphatic carbocycles. The first-order chi connectivity index (χ1) is 11.6. The topological polar surface area (TPSA) is 70.4 Å². The van der Waals surface area contributed by atoms with Crippen LogP contribution in [0.3, 0.4) is 0 Å². The van der Waals surface area contributed by atoms with E-state index in [2.05, 4.69) is 20.5 Å². The number of phenolic OH excluding ortho intramolecular Hbond substituents is 1. The van der Waals surface area contributed by atoms with Crippen molar-refractivity contribution < 1.29 is 9.50 Å². The highest BCUT2D eigenvalue weighted by Crippen LogP contribution is 2.26. The Bertz CT molecular complexity index is 896. The number of aromatic nitrogens is 2. The quantitative estimate of drug-likeness (QED) is 0.567. The van der Waals surface area contributed by atoms with E-state index < -0.39 is 0 Å². The molecule has 0 spiro atoms. The average molecular weight is 322 g/mol. The number of hydrogen-bond acceptors (Lipinski definition) is 5. The summed E-state index contributed by atoms with van der Waals surface area (Å²) in [6.07, 6.45) is 1.38. The summed E-state index contributed by atoms with van der Waals surface area (Å²) < 4.78 is 13.5. The molecule has 1 heterocycles. The van der Waals surface area contributed by atoms with Crippen LogP contribution in [-0.2, 0) is 0 Å². The molecule has 0 fully saturated rings. The molecule has 0 saturated carbocycles. The van der Waals surface area contributed by atoms with E-state index in [0.717, 1.165) is 0 Å². The molecule has 0 amide bonds. The second-order valence-electron chi connectivity index (χ2n) is 5.13. The normalized spacial score (nSPS) is 10.9. The first-order valence-corrected chi connectivity index (χ1v) is 7.31. The molecule has 0 radical (unpaired) electrons. The number of hydrogen-bond donors (Lipinski definition) is 2. The molecule has 2 aromatic carbocycles. The van der Waals surface area contributed by atoms with Gasteiger partial charge in [0, 0.05) is 17.3 Å². The summed E-state index contributed by atoms with van der Waals surface area (Å²) >= 11 is 0. The van der Waals surface area contributed by atoms with Gasteiger partial charge in [0.05, 0.1) is 11.8 Å². The van der Waals surface area contributed by atoms with E-state index in [-0.39, 0.29) is 11.6 Å². The van der Waals surface area contributed by atoms with Crippen molar-refractivity contribution in [2.24, 2.45) is 5.10 Å². The predicted molar refractivity (Wildman–Crippen MR) is 91.5 cm³/mol. The van der Waals surface area contributed by atoms with Gasteiger partial charge in [0.25, 0.3) is 0 Å². The van der Waals surface area contributed by atoms with Crippen LogP contribution in [0.2, 0.25) is 0 Å². The number of anilines is 1. The van der Waals surface area contributed by atoms with E-state index in [1.165, 1.54) is 12.3 Å². The van der Waals surface area contributed by atoms with Crippen LogP contribution in [0.4, 0.5) is 10.2 Å². The number of nitrogens with zero attached hydrogens (tertiary/aromatic N) is 3. The maximum Gasteiger partial charge on any atom is 0.165 e. The number of aryl methyl sites for hydroxylation is 1. The standard InChI is InChI=1S/C18H15FN4O/c1-12-10-17(23-20-11-13-6-2-4-8-15(13)19)22-18(21-12)14-7-3-5-9-16(14)24/h2-11,24H,1H3,(H,21,22,23)/b20-11-. The number of benzene rings is 2. The Labute approximate surface area is 138 Å². The van der Waals surface area contributed by atoms with Gasteiger partial charge < -0.3 is 5.11 Å².